The Labute approximate surface area is 151 Å². The second-order valence-electron chi connectivity index (χ2n) is 5.40. The van der Waals surface area contributed by atoms with Crippen LogP contribution in [0.1, 0.15) is 11.1 Å². The molecule has 1 amide bonds. The number of rotatable bonds is 2. The average molecular weight is 387 g/mol. The Hall–Kier alpha value is -2.05. The van der Waals surface area contributed by atoms with E-state index >= 15 is 0 Å². The summed E-state index contributed by atoms with van der Waals surface area (Å²) in [6.45, 7) is -1.81. The summed E-state index contributed by atoms with van der Waals surface area (Å²) >= 11 is 12.2. The molecule has 0 aromatic heterocycles. The van der Waals surface area contributed by atoms with E-state index in [1.165, 1.54) is 18.2 Å². The lowest BCUT2D eigenvalue weighted by atomic mass is 10.00. The molecule has 0 saturated heterocycles. The van der Waals surface area contributed by atoms with Crippen molar-refractivity contribution in [3.63, 3.8) is 0 Å². The molecule has 130 valence electrons. The third-order valence-electron chi connectivity index (χ3n) is 3.64. The van der Waals surface area contributed by atoms with Gasteiger partial charge in [-0.25, -0.2) is 0 Å². The second kappa shape index (κ2) is 6.69. The van der Waals surface area contributed by atoms with Gasteiger partial charge in [0.2, 0.25) is 5.91 Å². The van der Waals surface area contributed by atoms with Crippen LogP contribution < -0.4 is 4.90 Å². The summed E-state index contributed by atoms with van der Waals surface area (Å²) in [6.07, 6.45) is -4.54. The van der Waals surface area contributed by atoms with Gasteiger partial charge in [0.1, 0.15) is 13.1 Å². The first-order valence-electron chi connectivity index (χ1n) is 7.22. The van der Waals surface area contributed by atoms with Gasteiger partial charge >= 0.3 is 6.18 Å². The molecule has 0 fully saturated rings. The number of hydrogen-bond acceptors (Lipinski definition) is 2. The van der Waals surface area contributed by atoms with Crippen molar-refractivity contribution in [1.29, 1.82) is 0 Å². The zero-order valence-corrected chi connectivity index (χ0v) is 14.2. The fourth-order valence-electron chi connectivity index (χ4n) is 2.62. The number of aliphatic imine (C=N–C) groups is 1. The molecule has 0 aliphatic carbocycles. The van der Waals surface area contributed by atoms with Crippen molar-refractivity contribution in [3.8, 4) is 0 Å². The summed E-state index contributed by atoms with van der Waals surface area (Å²) in [5, 5.41) is 0.698. The van der Waals surface area contributed by atoms with E-state index in [4.69, 9.17) is 23.2 Å². The normalized spacial score (nSPS) is 14.8. The Bertz CT molecular complexity index is 865. The number of hydrogen-bond donors (Lipinski definition) is 0. The SMILES string of the molecule is O=C1CN=C(c2ccccc2Cl)c2cc(Cl)ccc2N1CC(F)(F)F. The topological polar surface area (TPSA) is 32.7 Å². The van der Waals surface area contributed by atoms with Crippen LogP contribution in [0.3, 0.4) is 0 Å². The lowest BCUT2D eigenvalue weighted by Crippen LogP contribution is -2.40. The van der Waals surface area contributed by atoms with Crippen LogP contribution >= 0.6 is 23.2 Å². The number of benzene rings is 2. The number of amides is 1. The number of carbonyl (C=O) groups excluding carboxylic acids is 1. The molecule has 3 rings (SSSR count). The van der Waals surface area contributed by atoms with Crippen LogP contribution in [-0.4, -0.2) is 30.9 Å². The van der Waals surface area contributed by atoms with Crippen molar-refractivity contribution in [2.24, 2.45) is 4.99 Å². The maximum Gasteiger partial charge on any atom is 0.406 e. The molecular formula is C17H11Cl2F3N2O. The van der Waals surface area contributed by atoms with E-state index in [2.05, 4.69) is 4.99 Å². The van der Waals surface area contributed by atoms with Crippen molar-refractivity contribution in [2.75, 3.05) is 18.0 Å². The lowest BCUT2D eigenvalue weighted by molar-refractivity contribution is -0.131. The summed E-state index contributed by atoms with van der Waals surface area (Å²) in [7, 11) is 0. The molecule has 1 heterocycles. The van der Waals surface area contributed by atoms with Gasteiger partial charge < -0.3 is 4.90 Å². The van der Waals surface area contributed by atoms with Crippen LogP contribution in [0.15, 0.2) is 47.5 Å². The molecule has 25 heavy (non-hydrogen) atoms. The van der Waals surface area contributed by atoms with E-state index in [1.807, 2.05) is 0 Å². The molecule has 0 saturated carbocycles. The Morgan fingerprint density at radius 3 is 2.48 bits per heavy atom. The van der Waals surface area contributed by atoms with Crippen molar-refractivity contribution in [2.45, 2.75) is 6.18 Å². The number of halogens is 5. The molecule has 8 heteroatoms. The van der Waals surface area contributed by atoms with Gasteiger partial charge in [-0.3, -0.25) is 9.79 Å². The van der Waals surface area contributed by atoms with Gasteiger partial charge in [0.05, 0.1) is 11.4 Å². The molecule has 0 unspecified atom stereocenters. The lowest BCUT2D eigenvalue weighted by Gasteiger charge is -2.24. The van der Waals surface area contributed by atoms with Gasteiger partial charge in [-0.1, -0.05) is 41.4 Å². The fourth-order valence-corrected chi connectivity index (χ4v) is 3.02. The Balaban J connectivity index is 2.19. The minimum absolute atomic E-state index is 0.0999. The summed E-state index contributed by atoms with van der Waals surface area (Å²) < 4.78 is 38.8. The third kappa shape index (κ3) is 3.80. The monoisotopic (exact) mass is 386 g/mol. The van der Waals surface area contributed by atoms with Crippen LogP contribution in [0, 0.1) is 0 Å². The molecule has 0 radical (unpaired) electrons. The summed E-state index contributed by atoms with van der Waals surface area (Å²) in [5.41, 5.74) is 1.29. The molecular weight excluding hydrogens is 376 g/mol. The minimum atomic E-state index is -4.54. The van der Waals surface area contributed by atoms with Gasteiger partial charge in [0, 0.05) is 21.2 Å². The summed E-state index contributed by atoms with van der Waals surface area (Å²) in [6, 6.07) is 11.1. The largest absolute Gasteiger partial charge is 0.406 e. The Morgan fingerprint density at radius 1 is 1.08 bits per heavy atom. The smallest absolute Gasteiger partial charge is 0.301 e. The maximum atomic E-state index is 12.9. The molecule has 0 bridgehead atoms. The average Bonchev–Trinajstić information content (AvgIpc) is 2.65. The molecule has 0 spiro atoms. The highest BCUT2D eigenvalue weighted by Crippen LogP contribution is 2.33. The summed E-state index contributed by atoms with van der Waals surface area (Å²) in [4.78, 5) is 17.1. The molecule has 2 aromatic rings. The van der Waals surface area contributed by atoms with Crippen LogP contribution in [0.4, 0.5) is 18.9 Å². The van der Waals surface area contributed by atoms with E-state index in [1.54, 1.807) is 24.3 Å². The number of alkyl halides is 3. The molecule has 1 aliphatic rings. The van der Waals surface area contributed by atoms with Gasteiger partial charge in [-0.2, -0.15) is 13.2 Å². The van der Waals surface area contributed by atoms with Crippen LogP contribution in [-0.2, 0) is 4.79 Å². The predicted molar refractivity (Wildman–Crippen MR) is 91.8 cm³/mol. The van der Waals surface area contributed by atoms with Gasteiger partial charge in [0.15, 0.2) is 0 Å². The Morgan fingerprint density at radius 2 is 1.80 bits per heavy atom. The number of carbonyl (C=O) groups is 1. The van der Waals surface area contributed by atoms with Gasteiger partial charge in [0.25, 0.3) is 0 Å². The van der Waals surface area contributed by atoms with Crippen molar-refractivity contribution in [3.05, 3.63) is 63.6 Å². The highest BCUT2D eigenvalue weighted by atomic mass is 35.5. The van der Waals surface area contributed by atoms with Crippen LogP contribution in [0.5, 0.6) is 0 Å². The number of benzodiazepines with no additional fused rings is 1. The molecule has 0 N–H and O–H groups in total. The standard InChI is InChI=1S/C17H11Cl2F3N2O/c18-10-5-6-14-12(7-10)16(11-3-1-2-4-13(11)19)23-8-15(25)24(14)9-17(20,21)22/h1-7H,8-9H2. The van der Waals surface area contributed by atoms with Crippen molar-refractivity contribution >= 4 is 40.5 Å². The summed E-state index contributed by atoms with van der Waals surface area (Å²) in [5.74, 6) is -0.747. The minimum Gasteiger partial charge on any atom is -0.301 e. The highest BCUT2D eigenvalue weighted by molar-refractivity contribution is 6.37. The van der Waals surface area contributed by atoms with Gasteiger partial charge in [-0.15, -0.1) is 0 Å². The van der Waals surface area contributed by atoms with Crippen molar-refractivity contribution < 1.29 is 18.0 Å². The van der Waals surface area contributed by atoms with Crippen molar-refractivity contribution in [1.82, 2.24) is 0 Å². The number of anilines is 1. The molecule has 3 nitrogen and oxygen atoms in total. The zero-order chi connectivity index (χ0) is 18.2. The first-order chi connectivity index (χ1) is 11.8. The Kier molecular flexibility index (Phi) is 4.75. The molecule has 1 aliphatic heterocycles. The van der Waals surface area contributed by atoms with E-state index in [9.17, 15) is 18.0 Å². The predicted octanol–water partition coefficient (Wildman–Crippen LogP) is 4.74. The van der Waals surface area contributed by atoms with E-state index in [0.717, 1.165) is 0 Å². The first kappa shape index (κ1) is 17.8. The van der Waals surface area contributed by atoms with Gasteiger partial charge in [-0.05, 0) is 24.3 Å². The number of fused-ring (bicyclic) bond motifs is 1. The molecule has 0 atom stereocenters. The van der Waals surface area contributed by atoms with E-state index in [-0.39, 0.29) is 5.69 Å². The van der Waals surface area contributed by atoms with Crippen LogP contribution in [0.25, 0.3) is 0 Å². The second-order valence-corrected chi connectivity index (χ2v) is 6.24. The highest BCUT2D eigenvalue weighted by Gasteiger charge is 2.36. The third-order valence-corrected chi connectivity index (χ3v) is 4.21. The zero-order valence-electron chi connectivity index (χ0n) is 12.6. The first-order valence-corrected chi connectivity index (χ1v) is 7.98. The fraction of sp³-hybridized carbons (Fsp3) is 0.176. The quantitative estimate of drug-likeness (QED) is 0.733. The maximum absolute atomic E-state index is 12.9. The van der Waals surface area contributed by atoms with E-state index < -0.39 is 25.2 Å². The van der Waals surface area contributed by atoms with Crippen LogP contribution in [0.2, 0.25) is 10.0 Å². The van der Waals surface area contributed by atoms with E-state index in [0.29, 0.717) is 31.8 Å². The molecule has 2 aromatic carbocycles. The number of nitrogens with zero attached hydrogens (tertiary/aromatic N) is 2.